The van der Waals surface area contributed by atoms with Crippen LogP contribution in [-0.2, 0) is 12.0 Å². The Hall–Kier alpha value is -1.15. The number of nitrogens with one attached hydrogen (secondary N) is 1. The number of piperazine rings is 1. The van der Waals surface area contributed by atoms with Gasteiger partial charge in [0.2, 0.25) is 5.89 Å². The maximum absolute atomic E-state index is 12.2. The fourth-order valence-corrected chi connectivity index (χ4v) is 2.22. The Morgan fingerprint density at radius 2 is 1.90 bits per heavy atom. The second kappa shape index (κ2) is 5.69. The van der Waals surface area contributed by atoms with Crippen molar-refractivity contribution >= 4 is 0 Å². The lowest BCUT2D eigenvalue weighted by atomic mass is 10.0. The minimum atomic E-state index is -4.21. The van der Waals surface area contributed by atoms with Crippen LogP contribution in [0.1, 0.15) is 32.0 Å². The zero-order valence-electron chi connectivity index (χ0n) is 11.6. The number of nitrogens with zero attached hydrogens (tertiary/aromatic N) is 3. The molecule has 1 aromatic rings. The molecule has 2 rings (SSSR count). The zero-order valence-corrected chi connectivity index (χ0v) is 11.6. The third-order valence-electron chi connectivity index (χ3n) is 3.55. The molecule has 0 spiro atoms. The van der Waals surface area contributed by atoms with Crippen molar-refractivity contribution < 1.29 is 17.7 Å². The summed E-state index contributed by atoms with van der Waals surface area (Å²) in [5, 5.41) is 7.10. The van der Waals surface area contributed by atoms with Gasteiger partial charge in [0.25, 0.3) is 0 Å². The summed E-state index contributed by atoms with van der Waals surface area (Å²) in [6, 6.07) is 0. The lowest BCUT2D eigenvalue weighted by molar-refractivity contribution is -0.134. The molecular formula is C12H19F3N4O. The van der Waals surface area contributed by atoms with Gasteiger partial charge in [-0.25, -0.2) is 0 Å². The van der Waals surface area contributed by atoms with E-state index in [9.17, 15) is 13.2 Å². The van der Waals surface area contributed by atoms with E-state index < -0.39 is 18.1 Å². The molecule has 0 atom stereocenters. The Balaban J connectivity index is 2.03. The van der Waals surface area contributed by atoms with Gasteiger partial charge in [0.05, 0.1) is 12.0 Å². The van der Waals surface area contributed by atoms with Gasteiger partial charge >= 0.3 is 6.18 Å². The smallest absolute Gasteiger partial charge is 0.339 e. The summed E-state index contributed by atoms with van der Waals surface area (Å²) in [4.78, 5) is 6.32. The first-order valence-electron chi connectivity index (χ1n) is 6.64. The zero-order chi connectivity index (χ0) is 14.8. The van der Waals surface area contributed by atoms with Gasteiger partial charge in [0, 0.05) is 32.6 Å². The first kappa shape index (κ1) is 15.2. The maximum atomic E-state index is 12.2. The molecule has 1 aliphatic rings. The molecule has 0 aromatic carbocycles. The van der Waals surface area contributed by atoms with Crippen LogP contribution in [0.4, 0.5) is 13.2 Å². The van der Waals surface area contributed by atoms with Crippen LogP contribution in [0.5, 0.6) is 0 Å². The third kappa shape index (κ3) is 3.69. The van der Waals surface area contributed by atoms with E-state index in [4.69, 9.17) is 4.52 Å². The van der Waals surface area contributed by atoms with E-state index in [1.165, 1.54) is 0 Å². The minimum absolute atomic E-state index is 0.0422. The SMILES string of the molecule is CC(C)(c1noc(CCC(F)(F)F)n1)N1CCNCC1. The highest BCUT2D eigenvalue weighted by Gasteiger charge is 2.35. The molecule has 0 unspecified atom stereocenters. The van der Waals surface area contributed by atoms with E-state index in [-0.39, 0.29) is 12.3 Å². The number of aryl methyl sites for hydroxylation is 1. The minimum Gasteiger partial charge on any atom is -0.339 e. The maximum Gasteiger partial charge on any atom is 0.389 e. The molecule has 114 valence electrons. The van der Waals surface area contributed by atoms with E-state index >= 15 is 0 Å². The van der Waals surface area contributed by atoms with Gasteiger partial charge < -0.3 is 9.84 Å². The molecular weight excluding hydrogens is 273 g/mol. The van der Waals surface area contributed by atoms with Crippen LogP contribution in [0.3, 0.4) is 0 Å². The number of alkyl halides is 3. The summed E-state index contributed by atoms with van der Waals surface area (Å²) in [6.45, 7) is 7.36. The Labute approximate surface area is 115 Å². The Morgan fingerprint density at radius 1 is 1.25 bits per heavy atom. The summed E-state index contributed by atoms with van der Waals surface area (Å²) in [7, 11) is 0. The Bertz CT molecular complexity index is 438. The van der Waals surface area contributed by atoms with Gasteiger partial charge in [0.1, 0.15) is 0 Å². The van der Waals surface area contributed by atoms with Crippen LogP contribution in [0.25, 0.3) is 0 Å². The Morgan fingerprint density at radius 3 is 2.50 bits per heavy atom. The summed E-state index contributed by atoms with van der Waals surface area (Å²) in [5.41, 5.74) is -0.442. The van der Waals surface area contributed by atoms with Gasteiger partial charge in [-0.05, 0) is 13.8 Å². The van der Waals surface area contributed by atoms with Crippen molar-refractivity contribution in [1.82, 2.24) is 20.4 Å². The highest BCUT2D eigenvalue weighted by molar-refractivity contribution is 5.03. The highest BCUT2D eigenvalue weighted by Crippen LogP contribution is 2.27. The molecule has 0 bridgehead atoms. The van der Waals surface area contributed by atoms with Crippen molar-refractivity contribution in [2.75, 3.05) is 26.2 Å². The molecule has 0 amide bonds. The molecule has 5 nitrogen and oxygen atoms in total. The second-order valence-electron chi connectivity index (χ2n) is 5.42. The fraction of sp³-hybridized carbons (Fsp3) is 0.833. The highest BCUT2D eigenvalue weighted by atomic mass is 19.4. The largest absolute Gasteiger partial charge is 0.389 e. The molecule has 1 N–H and O–H groups in total. The van der Waals surface area contributed by atoms with Gasteiger partial charge in [-0.1, -0.05) is 5.16 Å². The van der Waals surface area contributed by atoms with Crippen molar-refractivity contribution in [3.05, 3.63) is 11.7 Å². The van der Waals surface area contributed by atoms with E-state index in [1.54, 1.807) is 0 Å². The normalized spacial score (nSPS) is 18.4. The number of aromatic nitrogens is 2. The van der Waals surface area contributed by atoms with Crippen LogP contribution in [0.15, 0.2) is 4.52 Å². The molecule has 1 aliphatic heterocycles. The molecule has 0 saturated carbocycles. The molecule has 1 saturated heterocycles. The standard InChI is InChI=1S/C12H19F3N4O/c1-11(2,19-7-5-16-6-8-19)10-17-9(20-18-10)3-4-12(13,14)15/h16H,3-8H2,1-2H3. The van der Waals surface area contributed by atoms with E-state index in [0.29, 0.717) is 5.82 Å². The van der Waals surface area contributed by atoms with Gasteiger partial charge in [-0.2, -0.15) is 18.2 Å². The number of hydrogen-bond donors (Lipinski definition) is 1. The van der Waals surface area contributed by atoms with Gasteiger partial charge in [0.15, 0.2) is 5.82 Å². The molecule has 0 radical (unpaired) electrons. The molecule has 2 heterocycles. The van der Waals surface area contributed by atoms with E-state index in [2.05, 4.69) is 20.4 Å². The summed E-state index contributed by atoms with van der Waals surface area (Å²) in [6.07, 6.45) is -5.42. The molecule has 8 heteroatoms. The first-order chi connectivity index (χ1) is 9.29. The lowest BCUT2D eigenvalue weighted by Crippen LogP contribution is -2.52. The van der Waals surface area contributed by atoms with Crippen molar-refractivity contribution in [2.24, 2.45) is 0 Å². The van der Waals surface area contributed by atoms with Crippen LogP contribution in [0, 0.1) is 0 Å². The average molecular weight is 292 g/mol. The van der Waals surface area contributed by atoms with Crippen molar-refractivity contribution in [2.45, 2.75) is 38.4 Å². The molecule has 0 aliphatic carbocycles. The van der Waals surface area contributed by atoms with Crippen LogP contribution in [-0.4, -0.2) is 47.4 Å². The van der Waals surface area contributed by atoms with Gasteiger partial charge in [-0.15, -0.1) is 0 Å². The average Bonchev–Trinajstić information content (AvgIpc) is 2.86. The summed E-state index contributed by atoms with van der Waals surface area (Å²) in [5.74, 6) is 0.483. The Kier molecular flexibility index (Phi) is 4.33. The van der Waals surface area contributed by atoms with Crippen LogP contribution >= 0.6 is 0 Å². The number of halogens is 3. The number of rotatable bonds is 4. The van der Waals surface area contributed by atoms with Crippen molar-refractivity contribution in [3.63, 3.8) is 0 Å². The second-order valence-corrected chi connectivity index (χ2v) is 5.42. The fourth-order valence-electron chi connectivity index (χ4n) is 2.22. The quantitative estimate of drug-likeness (QED) is 0.915. The predicted octanol–water partition coefficient (Wildman–Crippen LogP) is 1.70. The van der Waals surface area contributed by atoms with Crippen LogP contribution in [0.2, 0.25) is 0 Å². The summed E-state index contributed by atoms with van der Waals surface area (Å²) < 4.78 is 41.4. The van der Waals surface area contributed by atoms with Gasteiger partial charge in [-0.3, -0.25) is 4.90 Å². The monoisotopic (exact) mass is 292 g/mol. The summed E-state index contributed by atoms with van der Waals surface area (Å²) >= 11 is 0. The first-order valence-corrected chi connectivity index (χ1v) is 6.64. The molecule has 1 fully saturated rings. The molecule has 20 heavy (non-hydrogen) atoms. The van der Waals surface area contributed by atoms with Crippen molar-refractivity contribution in [3.8, 4) is 0 Å². The lowest BCUT2D eigenvalue weighted by Gasteiger charge is -2.38. The topological polar surface area (TPSA) is 54.2 Å². The van der Waals surface area contributed by atoms with Crippen LogP contribution < -0.4 is 5.32 Å². The predicted molar refractivity (Wildman–Crippen MR) is 66.1 cm³/mol. The number of hydrogen-bond acceptors (Lipinski definition) is 5. The molecule has 1 aromatic heterocycles. The van der Waals surface area contributed by atoms with E-state index in [0.717, 1.165) is 26.2 Å². The van der Waals surface area contributed by atoms with Crippen molar-refractivity contribution in [1.29, 1.82) is 0 Å². The van der Waals surface area contributed by atoms with E-state index in [1.807, 2.05) is 13.8 Å². The third-order valence-corrected chi connectivity index (χ3v) is 3.55.